The number of aromatic nitrogens is 1. The van der Waals surface area contributed by atoms with E-state index in [0.717, 1.165) is 36.7 Å². The van der Waals surface area contributed by atoms with Crippen molar-refractivity contribution >= 4 is 17.1 Å². The topological polar surface area (TPSA) is 35.8 Å². The lowest BCUT2D eigenvalue weighted by atomic mass is 10.1. The van der Waals surface area contributed by atoms with Crippen LogP contribution in [0.2, 0.25) is 0 Å². The summed E-state index contributed by atoms with van der Waals surface area (Å²) in [6, 6.07) is 8.82. The van der Waals surface area contributed by atoms with Gasteiger partial charge in [-0.05, 0) is 51.0 Å². The molecule has 0 aliphatic carbocycles. The second-order valence-corrected chi connectivity index (χ2v) is 7.05. The Balaban J connectivity index is 1.32. The first-order chi connectivity index (χ1) is 11.9. The Labute approximate surface area is 144 Å². The summed E-state index contributed by atoms with van der Waals surface area (Å²) in [4.78, 5) is 12.2. The largest absolute Gasteiger partial charge is 0.423 e. The maximum atomic E-state index is 5.94. The molecule has 2 saturated heterocycles. The number of piperidine rings is 1. The van der Waals surface area contributed by atoms with Gasteiger partial charge < -0.3 is 19.1 Å². The van der Waals surface area contributed by atoms with E-state index < -0.39 is 0 Å². The molecule has 130 valence electrons. The van der Waals surface area contributed by atoms with Crippen molar-refractivity contribution in [2.24, 2.45) is 0 Å². The predicted octanol–water partition coefficient (Wildman–Crippen LogP) is 2.83. The Hall–Kier alpha value is -1.59. The van der Waals surface area contributed by atoms with E-state index in [1.165, 1.54) is 58.4 Å². The first kappa shape index (κ1) is 15.9. The maximum absolute atomic E-state index is 5.94. The average molecular weight is 328 g/mol. The highest BCUT2D eigenvalue weighted by atomic mass is 16.4. The van der Waals surface area contributed by atoms with E-state index in [4.69, 9.17) is 4.42 Å². The number of anilines is 1. The van der Waals surface area contributed by atoms with Gasteiger partial charge >= 0.3 is 0 Å². The average Bonchev–Trinajstić information content (AvgIpc) is 2.92. The molecule has 5 nitrogen and oxygen atoms in total. The standard InChI is InChI=1S/C19H28N4O/c1-4-9-21(10-5-1)13-14-22-11-6-12-23(16-15-22)19-20-17-7-2-3-8-18(17)24-19/h2-3,7-8H,1,4-6,9-16H2. The number of nitrogens with zero attached hydrogens (tertiary/aromatic N) is 4. The minimum absolute atomic E-state index is 0.786. The number of hydrogen-bond donors (Lipinski definition) is 0. The van der Waals surface area contributed by atoms with Crippen molar-refractivity contribution in [2.75, 3.05) is 57.3 Å². The van der Waals surface area contributed by atoms with Gasteiger partial charge in [0, 0.05) is 32.7 Å². The van der Waals surface area contributed by atoms with Crippen LogP contribution in [0.15, 0.2) is 28.7 Å². The molecule has 2 aliphatic rings. The molecule has 1 aromatic heterocycles. The van der Waals surface area contributed by atoms with Crippen molar-refractivity contribution < 1.29 is 4.42 Å². The summed E-state index contributed by atoms with van der Waals surface area (Å²) >= 11 is 0. The van der Waals surface area contributed by atoms with Crippen LogP contribution in [0.5, 0.6) is 0 Å². The van der Waals surface area contributed by atoms with E-state index >= 15 is 0 Å². The van der Waals surface area contributed by atoms with E-state index in [9.17, 15) is 0 Å². The Bertz CT molecular complexity index is 617. The van der Waals surface area contributed by atoms with Gasteiger partial charge in [-0.2, -0.15) is 4.98 Å². The van der Waals surface area contributed by atoms with Gasteiger partial charge in [-0.15, -0.1) is 0 Å². The summed E-state index contributed by atoms with van der Waals surface area (Å²) in [5, 5.41) is 0. The highest BCUT2D eigenvalue weighted by molar-refractivity contribution is 5.74. The zero-order valence-electron chi connectivity index (χ0n) is 14.5. The first-order valence-electron chi connectivity index (χ1n) is 9.44. The molecule has 0 amide bonds. The van der Waals surface area contributed by atoms with E-state index in [2.05, 4.69) is 19.7 Å². The van der Waals surface area contributed by atoms with Gasteiger partial charge in [-0.1, -0.05) is 18.6 Å². The van der Waals surface area contributed by atoms with Crippen LogP contribution < -0.4 is 4.90 Å². The van der Waals surface area contributed by atoms with Crippen LogP contribution in [0.1, 0.15) is 25.7 Å². The molecule has 2 aliphatic heterocycles. The second-order valence-electron chi connectivity index (χ2n) is 7.05. The predicted molar refractivity (Wildman–Crippen MR) is 97.6 cm³/mol. The van der Waals surface area contributed by atoms with Gasteiger partial charge in [0.05, 0.1) is 0 Å². The van der Waals surface area contributed by atoms with Gasteiger partial charge in [0.2, 0.25) is 0 Å². The zero-order valence-corrected chi connectivity index (χ0v) is 14.5. The Morgan fingerprint density at radius 1 is 0.792 bits per heavy atom. The van der Waals surface area contributed by atoms with Crippen molar-refractivity contribution in [2.45, 2.75) is 25.7 Å². The molecular weight excluding hydrogens is 300 g/mol. The van der Waals surface area contributed by atoms with Gasteiger partial charge in [0.15, 0.2) is 5.58 Å². The molecular formula is C19H28N4O. The molecule has 3 heterocycles. The van der Waals surface area contributed by atoms with E-state index in [1.807, 2.05) is 24.3 Å². The van der Waals surface area contributed by atoms with Crippen molar-refractivity contribution in [3.05, 3.63) is 24.3 Å². The highest BCUT2D eigenvalue weighted by Crippen LogP contribution is 2.22. The summed E-state index contributed by atoms with van der Waals surface area (Å²) in [7, 11) is 0. The normalized spacial score (nSPS) is 21.2. The molecule has 4 rings (SSSR count). The molecule has 2 aromatic rings. The summed E-state index contributed by atoms with van der Waals surface area (Å²) in [6.07, 6.45) is 5.36. The van der Waals surface area contributed by atoms with Gasteiger partial charge in [-0.3, -0.25) is 0 Å². The minimum Gasteiger partial charge on any atom is -0.423 e. The lowest BCUT2D eigenvalue weighted by Crippen LogP contribution is -2.39. The van der Waals surface area contributed by atoms with Crippen molar-refractivity contribution in [3.8, 4) is 0 Å². The Morgan fingerprint density at radius 2 is 1.54 bits per heavy atom. The number of oxazole rings is 1. The minimum atomic E-state index is 0.786. The molecule has 0 bridgehead atoms. The van der Waals surface area contributed by atoms with Gasteiger partial charge in [0.1, 0.15) is 5.52 Å². The molecule has 0 atom stereocenters. The quantitative estimate of drug-likeness (QED) is 0.862. The van der Waals surface area contributed by atoms with E-state index in [0.29, 0.717) is 0 Å². The lowest BCUT2D eigenvalue weighted by molar-refractivity contribution is 0.186. The smallest absolute Gasteiger partial charge is 0.298 e. The van der Waals surface area contributed by atoms with Gasteiger partial charge in [0.25, 0.3) is 6.01 Å². The molecule has 0 spiro atoms. The summed E-state index contributed by atoms with van der Waals surface area (Å²) in [5.74, 6) is 0. The summed E-state index contributed by atoms with van der Waals surface area (Å²) in [6.45, 7) is 9.34. The molecule has 1 aromatic carbocycles. The van der Waals surface area contributed by atoms with E-state index in [-0.39, 0.29) is 0 Å². The van der Waals surface area contributed by atoms with Crippen LogP contribution >= 0.6 is 0 Å². The monoisotopic (exact) mass is 328 g/mol. The number of rotatable bonds is 4. The Morgan fingerprint density at radius 3 is 2.38 bits per heavy atom. The third kappa shape index (κ3) is 3.73. The van der Waals surface area contributed by atoms with Crippen molar-refractivity contribution in [3.63, 3.8) is 0 Å². The van der Waals surface area contributed by atoms with Crippen LogP contribution in [0.4, 0.5) is 6.01 Å². The first-order valence-corrected chi connectivity index (χ1v) is 9.44. The Kier molecular flexibility index (Phi) is 4.99. The molecule has 2 fully saturated rings. The maximum Gasteiger partial charge on any atom is 0.298 e. The summed E-state index contributed by atoms with van der Waals surface area (Å²) < 4.78 is 5.94. The highest BCUT2D eigenvalue weighted by Gasteiger charge is 2.20. The third-order valence-electron chi connectivity index (χ3n) is 5.32. The number of para-hydroxylation sites is 2. The fraction of sp³-hybridized carbons (Fsp3) is 0.632. The van der Waals surface area contributed by atoms with Gasteiger partial charge in [-0.25, -0.2) is 0 Å². The molecule has 0 N–H and O–H groups in total. The number of hydrogen-bond acceptors (Lipinski definition) is 5. The van der Waals surface area contributed by atoms with Crippen LogP contribution in [-0.2, 0) is 0 Å². The number of fused-ring (bicyclic) bond motifs is 1. The van der Waals surface area contributed by atoms with Crippen LogP contribution in [-0.4, -0.2) is 67.1 Å². The number of likely N-dealkylation sites (tertiary alicyclic amines) is 1. The zero-order chi connectivity index (χ0) is 16.2. The molecule has 24 heavy (non-hydrogen) atoms. The molecule has 0 unspecified atom stereocenters. The molecule has 0 radical (unpaired) electrons. The van der Waals surface area contributed by atoms with Crippen LogP contribution in [0, 0.1) is 0 Å². The fourth-order valence-corrected chi connectivity index (χ4v) is 3.85. The summed E-state index contributed by atoms with van der Waals surface area (Å²) in [5.41, 5.74) is 1.84. The van der Waals surface area contributed by atoms with Crippen molar-refractivity contribution in [1.29, 1.82) is 0 Å². The second kappa shape index (κ2) is 7.53. The molecule has 5 heteroatoms. The SMILES string of the molecule is c1ccc2oc(N3CCCN(CCN4CCCCC4)CC3)nc2c1. The van der Waals surface area contributed by atoms with Crippen LogP contribution in [0.25, 0.3) is 11.1 Å². The van der Waals surface area contributed by atoms with Crippen molar-refractivity contribution in [1.82, 2.24) is 14.8 Å². The van der Waals surface area contributed by atoms with E-state index in [1.54, 1.807) is 0 Å². The number of benzene rings is 1. The lowest BCUT2D eigenvalue weighted by Gasteiger charge is -2.29. The van der Waals surface area contributed by atoms with Crippen LogP contribution in [0.3, 0.4) is 0 Å². The fourth-order valence-electron chi connectivity index (χ4n) is 3.85. The third-order valence-corrected chi connectivity index (χ3v) is 5.32. The molecule has 0 saturated carbocycles.